The molecule has 29 heavy (non-hydrogen) atoms. The van der Waals surface area contributed by atoms with Crippen molar-refractivity contribution in [2.45, 2.75) is 30.4 Å². The van der Waals surface area contributed by atoms with Crippen LogP contribution in [0.25, 0.3) is 21.8 Å². The van der Waals surface area contributed by atoms with Crippen molar-refractivity contribution in [3.63, 3.8) is 0 Å². The number of aromatic nitrogens is 4. The third kappa shape index (κ3) is 3.27. The molecule has 0 aliphatic rings. The molecular weight excluding hydrogens is 390 g/mol. The molecule has 8 nitrogen and oxygen atoms in total. The minimum absolute atomic E-state index is 0.113. The summed E-state index contributed by atoms with van der Waals surface area (Å²) >= 11 is 0. The number of hydrogen-bond donors (Lipinski definition) is 2. The number of anilines is 2. The van der Waals surface area contributed by atoms with Crippen LogP contribution in [0.5, 0.6) is 5.75 Å². The maximum atomic E-state index is 13.1. The van der Waals surface area contributed by atoms with Crippen molar-refractivity contribution in [1.82, 2.24) is 20.2 Å². The predicted octanol–water partition coefficient (Wildman–Crippen LogP) is 3.83. The first-order chi connectivity index (χ1) is 13.7. The number of rotatable bonds is 4. The molecule has 9 heteroatoms. The molecule has 0 aliphatic carbocycles. The molecular formula is C20H21N5O3S. The number of methoxy groups -OCH3 is 1. The molecule has 4 rings (SSSR count). The van der Waals surface area contributed by atoms with Gasteiger partial charge in [0.05, 0.1) is 29.1 Å². The summed E-state index contributed by atoms with van der Waals surface area (Å²) in [4.78, 5) is 8.72. The van der Waals surface area contributed by atoms with Gasteiger partial charge in [0.25, 0.3) is 0 Å². The maximum Gasteiger partial charge on any atom is 0.186 e. The lowest BCUT2D eigenvalue weighted by molar-refractivity contribution is 0.402. The van der Waals surface area contributed by atoms with E-state index in [1.807, 2.05) is 18.2 Å². The molecule has 0 aliphatic heterocycles. The predicted molar refractivity (Wildman–Crippen MR) is 112 cm³/mol. The van der Waals surface area contributed by atoms with Gasteiger partial charge in [0.15, 0.2) is 9.84 Å². The van der Waals surface area contributed by atoms with Crippen molar-refractivity contribution in [1.29, 1.82) is 0 Å². The summed E-state index contributed by atoms with van der Waals surface area (Å²) in [5.41, 5.74) is 2.25. The summed E-state index contributed by atoms with van der Waals surface area (Å²) in [6, 6.07) is 8.95. The zero-order chi connectivity index (χ0) is 20.8. The van der Waals surface area contributed by atoms with Crippen LogP contribution in [0.1, 0.15) is 20.8 Å². The summed E-state index contributed by atoms with van der Waals surface area (Å²) in [6.45, 7) is 4.98. The number of H-pyrrole nitrogens is 1. The fourth-order valence-electron chi connectivity index (χ4n) is 3.01. The Morgan fingerprint density at radius 2 is 1.90 bits per heavy atom. The van der Waals surface area contributed by atoms with E-state index in [4.69, 9.17) is 4.74 Å². The number of ether oxygens (including phenoxy) is 1. The molecule has 0 amide bonds. The molecule has 0 spiro atoms. The van der Waals surface area contributed by atoms with Gasteiger partial charge in [-0.3, -0.25) is 5.10 Å². The van der Waals surface area contributed by atoms with Crippen LogP contribution in [-0.2, 0) is 9.84 Å². The number of hydrogen-bond acceptors (Lipinski definition) is 7. The summed E-state index contributed by atoms with van der Waals surface area (Å²) in [5.74, 6) is 0.762. The topological polar surface area (TPSA) is 110 Å². The van der Waals surface area contributed by atoms with E-state index >= 15 is 0 Å². The third-order valence-electron chi connectivity index (χ3n) is 4.72. The minimum Gasteiger partial charge on any atom is -0.495 e. The average Bonchev–Trinajstić information content (AvgIpc) is 3.14. The Labute approximate surface area is 168 Å². The lowest BCUT2D eigenvalue weighted by Crippen LogP contribution is -2.28. The number of aromatic amines is 1. The molecule has 2 heterocycles. The van der Waals surface area contributed by atoms with Crippen LogP contribution in [-0.4, -0.2) is 40.4 Å². The minimum atomic E-state index is -3.64. The Kier molecular flexibility index (Phi) is 4.42. The Morgan fingerprint density at radius 1 is 1.10 bits per heavy atom. The fourth-order valence-corrected chi connectivity index (χ4v) is 4.35. The zero-order valence-corrected chi connectivity index (χ0v) is 17.3. The van der Waals surface area contributed by atoms with Crippen LogP contribution in [0.15, 0.2) is 47.8 Å². The van der Waals surface area contributed by atoms with Crippen molar-refractivity contribution < 1.29 is 13.2 Å². The van der Waals surface area contributed by atoms with Gasteiger partial charge in [-0.15, -0.1) is 0 Å². The van der Waals surface area contributed by atoms with Crippen LogP contribution in [0.4, 0.5) is 11.5 Å². The van der Waals surface area contributed by atoms with Gasteiger partial charge in [0.1, 0.15) is 22.8 Å². The van der Waals surface area contributed by atoms with Crippen LogP contribution >= 0.6 is 0 Å². The Hall–Kier alpha value is -3.20. The van der Waals surface area contributed by atoms with Gasteiger partial charge < -0.3 is 10.1 Å². The SMILES string of the molecule is COc1cc2ncnc(Nc3ccc4cn[nH]c4c3)c2cc1S(=O)(=O)C(C)(C)C. The molecule has 0 unspecified atom stereocenters. The molecule has 0 fully saturated rings. The van der Waals surface area contributed by atoms with E-state index in [1.54, 1.807) is 39.1 Å². The Bertz CT molecular complexity index is 1320. The summed E-state index contributed by atoms with van der Waals surface area (Å²) in [7, 11) is -2.20. The highest BCUT2D eigenvalue weighted by molar-refractivity contribution is 7.92. The van der Waals surface area contributed by atoms with Crippen molar-refractivity contribution in [3.8, 4) is 5.75 Å². The second-order valence-corrected chi connectivity index (χ2v) is 10.3. The normalized spacial score (nSPS) is 12.4. The van der Waals surface area contributed by atoms with Crippen LogP contribution < -0.4 is 10.1 Å². The molecule has 0 atom stereocenters. The fraction of sp³-hybridized carbons (Fsp3) is 0.250. The number of nitrogens with one attached hydrogen (secondary N) is 2. The lowest BCUT2D eigenvalue weighted by Gasteiger charge is -2.21. The van der Waals surface area contributed by atoms with Gasteiger partial charge in [0.2, 0.25) is 0 Å². The van der Waals surface area contributed by atoms with E-state index in [-0.39, 0.29) is 10.6 Å². The van der Waals surface area contributed by atoms with Crippen molar-refractivity contribution >= 4 is 43.1 Å². The molecule has 2 N–H and O–H groups in total. The van der Waals surface area contributed by atoms with Crippen molar-refractivity contribution in [2.75, 3.05) is 12.4 Å². The molecule has 0 saturated carbocycles. The molecule has 0 saturated heterocycles. The van der Waals surface area contributed by atoms with Gasteiger partial charge >= 0.3 is 0 Å². The second-order valence-electron chi connectivity index (χ2n) is 7.66. The smallest absolute Gasteiger partial charge is 0.186 e. The Morgan fingerprint density at radius 3 is 2.62 bits per heavy atom. The summed E-state index contributed by atoms with van der Waals surface area (Å²) in [5, 5.41) is 11.8. The summed E-state index contributed by atoms with van der Waals surface area (Å²) in [6.07, 6.45) is 3.17. The van der Waals surface area contributed by atoms with E-state index in [9.17, 15) is 8.42 Å². The zero-order valence-electron chi connectivity index (χ0n) is 16.5. The van der Waals surface area contributed by atoms with Crippen molar-refractivity contribution in [2.24, 2.45) is 0 Å². The molecule has 2 aromatic heterocycles. The number of nitrogens with zero attached hydrogens (tertiary/aromatic N) is 3. The van der Waals surface area contributed by atoms with Crippen LogP contribution in [0.3, 0.4) is 0 Å². The monoisotopic (exact) mass is 411 g/mol. The number of sulfone groups is 1. The first kappa shape index (κ1) is 19.1. The molecule has 2 aromatic carbocycles. The van der Waals surface area contributed by atoms with Gasteiger partial charge in [-0.1, -0.05) is 0 Å². The number of fused-ring (bicyclic) bond motifs is 2. The van der Waals surface area contributed by atoms with Gasteiger partial charge in [0, 0.05) is 22.5 Å². The van der Waals surface area contributed by atoms with Gasteiger partial charge in [-0.05, 0) is 45.0 Å². The third-order valence-corrected chi connectivity index (χ3v) is 7.23. The van der Waals surface area contributed by atoms with Crippen LogP contribution in [0, 0.1) is 0 Å². The lowest BCUT2D eigenvalue weighted by atomic mass is 10.2. The highest BCUT2D eigenvalue weighted by Crippen LogP contribution is 2.36. The first-order valence-corrected chi connectivity index (χ1v) is 10.5. The van der Waals surface area contributed by atoms with Crippen LogP contribution in [0.2, 0.25) is 0 Å². The first-order valence-electron chi connectivity index (χ1n) is 8.98. The standard InChI is InChI=1S/C20H21N5O3S/c1-20(2,3)29(26,27)18-8-14-16(9-17(18)28-4)21-11-22-19(14)24-13-6-5-12-10-23-25-15(12)7-13/h5-11H,1-4H3,(H,23,25)(H,21,22,24). The molecule has 0 bridgehead atoms. The highest BCUT2D eigenvalue weighted by atomic mass is 32.2. The van der Waals surface area contributed by atoms with E-state index in [1.165, 1.54) is 13.4 Å². The van der Waals surface area contributed by atoms with E-state index in [2.05, 4.69) is 25.5 Å². The molecule has 150 valence electrons. The quantitative estimate of drug-likeness (QED) is 0.525. The summed E-state index contributed by atoms with van der Waals surface area (Å²) < 4.78 is 30.6. The second kappa shape index (κ2) is 6.70. The van der Waals surface area contributed by atoms with E-state index in [0.29, 0.717) is 16.7 Å². The van der Waals surface area contributed by atoms with Crippen molar-refractivity contribution in [3.05, 3.63) is 42.9 Å². The van der Waals surface area contributed by atoms with Gasteiger partial charge in [-0.25, -0.2) is 18.4 Å². The number of benzene rings is 2. The Balaban J connectivity index is 1.88. The average molecular weight is 411 g/mol. The molecule has 0 radical (unpaired) electrons. The largest absolute Gasteiger partial charge is 0.495 e. The van der Waals surface area contributed by atoms with Gasteiger partial charge in [-0.2, -0.15) is 5.10 Å². The van der Waals surface area contributed by atoms with E-state index < -0.39 is 14.6 Å². The highest BCUT2D eigenvalue weighted by Gasteiger charge is 2.34. The maximum absolute atomic E-state index is 13.1. The van der Waals surface area contributed by atoms with E-state index in [0.717, 1.165) is 16.6 Å². The molecule has 4 aromatic rings.